The highest BCUT2D eigenvalue weighted by molar-refractivity contribution is 6.02. The van der Waals surface area contributed by atoms with Gasteiger partial charge in [-0.15, -0.1) is 0 Å². The summed E-state index contributed by atoms with van der Waals surface area (Å²) < 4.78 is 0. The number of carbonyl (C=O) groups is 1. The average molecular weight is 280 g/mol. The molecule has 21 heavy (non-hydrogen) atoms. The molecule has 1 heterocycles. The normalized spacial score (nSPS) is 13.9. The molecule has 0 aromatic heterocycles. The average Bonchev–Trinajstić information content (AvgIpc) is 2.46. The van der Waals surface area contributed by atoms with E-state index < -0.39 is 0 Å². The van der Waals surface area contributed by atoms with E-state index >= 15 is 0 Å². The van der Waals surface area contributed by atoms with E-state index in [2.05, 4.69) is 50.4 Å². The largest absolute Gasteiger partial charge is 0.374 e. The number of anilines is 2. The van der Waals surface area contributed by atoms with Crippen molar-refractivity contribution in [3.63, 3.8) is 0 Å². The van der Waals surface area contributed by atoms with E-state index in [0.29, 0.717) is 13.1 Å². The standard InChI is InChI=1S/C18H20N2O/c1-12-6-4-5-7-15(12)11-20-17-9-14(3)13(2)8-16(17)19-10-18(20)21/h4-9,19H,10-11H2,1-3H3. The van der Waals surface area contributed by atoms with Crippen LogP contribution in [0, 0.1) is 20.8 Å². The first-order valence-electron chi connectivity index (χ1n) is 7.26. The molecule has 0 spiro atoms. The van der Waals surface area contributed by atoms with Crippen molar-refractivity contribution < 1.29 is 4.79 Å². The smallest absolute Gasteiger partial charge is 0.246 e. The molecule has 0 unspecified atom stereocenters. The van der Waals surface area contributed by atoms with Crippen molar-refractivity contribution in [3.05, 3.63) is 58.7 Å². The van der Waals surface area contributed by atoms with E-state index in [1.807, 2.05) is 17.0 Å². The molecular weight excluding hydrogens is 260 g/mol. The van der Waals surface area contributed by atoms with Crippen molar-refractivity contribution >= 4 is 17.3 Å². The zero-order valence-electron chi connectivity index (χ0n) is 12.7. The Kier molecular flexibility index (Phi) is 3.42. The second kappa shape index (κ2) is 5.24. The third-order valence-electron chi connectivity index (χ3n) is 4.22. The second-order valence-electron chi connectivity index (χ2n) is 5.71. The van der Waals surface area contributed by atoms with Gasteiger partial charge in [0.2, 0.25) is 5.91 Å². The van der Waals surface area contributed by atoms with Gasteiger partial charge in [0.1, 0.15) is 0 Å². The molecule has 3 nitrogen and oxygen atoms in total. The maximum absolute atomic E-state index is 12.3. The molecule has 0 aliphatic carbocycles. The van der Waals surface area contributed by atoms with Gasteiger partial charge in [-0.1, -0.05) is 24.3 Å². The predicted molar refractivity (Wildman–Crippen MR) is 86.8 cm³/mol. The first-order chi connectivity index (χ1) is 10.1. The number of hydrogen-bond donors (Lipinski definition) is 1. The molecule has 0 fully saturated rings. The number of amides is 1. The van der Waals surface area contributed by atoms with E-state index in [1.165, 1.54) is 22.3 Å². The molecule has 0 radical (unpaired) electrons. The molecule has 1 aliphatic rings. The SMILES string of the molecule is Cc1cc2c(cc1C)N(Cc1ccccc1C)C(=O)CN2. The summed E-state index contributed by atoms with van der Waals surface area (Å²) in [5.74, 6) is 0.119. The third-order valence-corrected chi connectivity index (χ3v) is 4.22. The summed E-state index contributed by atoms with van der Waals surface area (Å²) in [4.78, 5) is 14.2. The van der Waals surface area contributed by atoms with Crippen LogP contribution >= 0.6 is 0 Å². The number of nitrogens with one attached hydrogen (secondary N) is 1. The number of benzene rings is 2. The van der Waals surface area contributed by atoms with Gasteiger partial charge in [0.15, 0.2) is 0 Å². The first-order valence-corrected chi connectivity index (χ1v) is 7.26. The van der Waals surface area contributed by atoms with Crippen LogP contribution in [-0.2, 0) is 11.3 Å². The van der Waals surface area contributed by atoms with Crippen LogP contribution in [0.4, 0.5) is 11.4 Å². The minimum atomic E-state index is 0.119. The molecule has 0 bridgehead atoms. The van der Waals surface area contributed by atoms with Gasteiger partial charge in [0.25, 0.3) is 0 Å². The maximum atomic E-state index is 12.3. The summed E-state index contributed by atoms with van der Waals surface area (Å²) in [5.41, 5.74) is 6.89. The zero-order valence-corrected chi connectivity index (χ0v) is 12.7. The highest BCUT2D eigenvalue weighted by atomic mass is 16.2. The van der Waals surface area contributed by atoms with E-state index in [1.54, 1.807) is 0 Å². The van der Waals surface area contributed by atoms with Gasteiger partial charge in [-0.25, -0.2) is 0 Å². The Hall–Kier alpha value is -2.29. The number of carbonyl (C=O) groups excluding carboxylic acids is 1. The van der Waals surface area contributed by atoms with Crippen molar-refractivity contribution in [1.29, 1.82) is 0 Å². The molecule has 3 rings (SSSR count). The minimum absolute atomic E-state index is 0.119. The quantitative estimate of drug-likeness (QED) is 0.912. The van der Waals surface area contributed by atoms with Gasteiger partial charge in [-0.3, -0.25) is 4.79 Å². The van der Waals surface area contributed by atoms with Crippen LogP contribution in [0.1, 0.15) is 22.3 Å². The lowest BCUT2D eigenvalue weighted by molar-refractivity contribution is -0.117. The number of aryl methyl sites for hydroxylation is 3. The molecule has 3 heteroatoms. The van der Waals surface area contributed by atoms with Gasteiger partial charge < -0.3 is 10.2 Å². The highest BCUT2D eigenvalue weighted by Crippen LogP contribution is 2.33. The van der Waals surface area contributed by atoms with E-state index in [4.69, 9.17) is 0 Å². The van der Waals surface area contributed by atoms with Crippen LogP contribution in [-0.4, -0.2) is 12.5 Å². The Morgan fingerprint density at radius 2 is 1.76 bits per heavy atom. The van der Waals surface area contributed by atoms with E-state index in [0.717, 1.165) is 11.4 Å². The van der Waals surface area contributed by atoms with Crippen LogP contribution in [0.15, 0.2) is 36.4 Å². The highest BCUT2D eigenvalue weighted by Gasteiger charge is 2.24. The van der Waals surface area contributed by atoms with Crippen molar-refractivity contribution in [2.45, 2.75) is 27.3 Å². The Balaban J connectivity index is 2.01. The Bertz CT molecular complexity index is 706. The van der Waals surface area contributed by atoms with Crippen molar-refractivity contribution in [1.82, 2.24) is 0 Å². The van der Waals surface area contributed by atoms with Gasteiger partial charge in [-0.05, 0) is 55.2 Å². The topological polar surface area (TPSA) is 32.3 Å². The minimum Gasteiger partial charge on any atom is -0.374 e. The van der Waals surface area contributed by atoms with Crippen LogP contribution < -0.4 is 10.2 Å². The number of fused-ring (bicyclic) bond motifs is 1. The molecule has 0 atom stereocenters. The summed E-state index contributed by atoms with van der Waals surface area (Å²) in [5, 5.41) is 3.22. The lowest BCUT2D eigenvalue weighted by atomic mass is 10.0. The molecule has 0 saturated carbocycles. The van der Waals surface area contributed by atoms with Gasteiger partial charge in [-0.2, -0.15) is 0 Å². The second-order valence-corrected chi connectivity index (χ2v) is 5.71. The Morgan fingerprint density at radius 1 is 1.05 bits per heavy atom. The summed E-state index contributed by atoms with van der Waals surface area (Å²) >= 11 is 0. The van der Waals surface area contributed by atoms with Crippen LogP contribution in [0.2, 0.25) is 0 Å². The van der Waals surface area contributed by atoms with Crippen molar-refractivity contribution in [2.75, 3.05) is 16.8 Å². The van der Waals surface area contributed by atoms with Gasteiger partial charge >= 0.3 is 0 Å². The molecule has 1 amide bonds. The van der Waals surface area contributed by atoms with E-state index in [9.17, 15) is 4.79 Å². The summed E-state index contributed by atoms with van der Waals surface area (Å²) in [7, 11) is 0. The van der Waals surface area contributed by atoms with Gasteiger partial charge in [0.05, 0.1) is 24.5 Å². The fourth-order valence-corrected chi connectivity index (χ4v) is 2.70. The fraction of sp³-hybridized carbons (Fsp3) is 0.278. The van der Waals surface area contributed by atoms with Crippen molar-refractivity contribution in [2.24, 2.45) is 0 Å². The molecule has 2 aromatic carbocycles. The van der Waals surface area contributed by atoms with E-state index in [-0.39, 0.29) is 5.91 Å². The zero-order chi connectivity index (χ0) is 15.0. The van der Waals surface area contributed by atoms with Crippen LogP contribution in [0.3, 0.4) is 0 Å². The fourth-order valence-electron chi connectivity index (χ4n) is 2.70. The molecule has 1 aliphatic heterocycles. The van der Waals surface area contributed by atoms with Crippen molar-refractivity contribution in [3.8, 4) is 0 Å². The lowest BCUT2D eigenvalue weighted by Crippen LogP contribution is -2.39. The summed E-state index contributed by atoms with van der Waals surface area (Å²) in [6.07, 6.45) is 0. The Morgan fingerprint density at radius 3 is 2.52 bits per heavy atom. The predicted octanol–water partition coefficient (Wildman–Crippen LogP) is 3.57. The molecule has 108 valence electrons. The number of hydrogen-bond acceptors (Lipinski definition) is 2. The van der Waals surface area contributed by atoms with Crippen LogP contribution in [0.5, 0.6) is 0 Å². The molecule has 2 aromatic rings. The monoisotopic (exact) mass is 280 g/mol. The maximum Gasteiger partial charge on any atom is 0.246 e. The van der Waals surface area contributed by atoms with Crippen LogP contribution in [0.25, 0.3) is 0 Å². The lowest BCUT2D eigenvalue weighted by Gasteiger charge is -2.31. The molecule has 0 saturated heterocycles. The summed E-state index contributed by atoms with van der Waals surface area (Å²) in [6, 6.07) is 12.5. The number of nitrogens with zero attached hydrogens (tertiary/aromatic N) is 1. The Labute approximate surface area is 125 Å². The molecule has 1 N–H and O–H groups in total. The number of rotatable bonds is 2. The summed E-state index contributed by atoms with van der Waals surface area (Å²) in [6.45, 7) is 7.26. The molecular formula is C18H20N2O. The first kappa shape index (κ1) is 13.7. The third kappa shape index (κ3) is 2.51. The van der Waals surface area contributed by atoms with Gasteiger partial charge in [0, 0.05) is 0 Å².